The lowest BCUT2D eigenvalue weighted by molar-refractivity contribution is -0.137. The molecule has 2 rings (SSSR count). The van der Waals surface area contributed by atoms with Crippen molar-refractivity contribution in [3.8, 4) is 0 Å². The maximum Gasteiger partial charge on any atom is 0.248 e. The van der Waals surface area contributed by atoms with Gasteiger partial charge in [0.2, 0.25) is 5.91 Å². The number of carbonyl (C=O) groups is 1. The molecular formula is C13H24N2O2. The van der Waals surface area contributed by atoms with Crippen LogP contribution in [0.5, 0.6) is 0 Å². The maximum atomic E-state index is 12.0. The Morgan fingerprint density at radius 1 is 1.47 bits per heavy atom. The normalized spacial score (nSPS) is 33.8. The highest BCUT2D eigenvalue weighted by Gasteiger charge is 2.42. The summed E-state index contributed by atoms with van der Waals surface area (Å²) < 4.78 is 5.49. The van der Waals surface area contributed by atoms with Crippen LogP contribution >= 0.6 is 0 Å². The maximum absolute atomic E-state index is 12.0. The van der Waals surface area contributed by atoms with Gasteiger partial charge in [0.05, 0.1) is 6.10 Å². The summed E-state index contributed by atoms with van der Waals surface area (Å²) in [7, 11) is 0. The molecule has 2 N–H and O–H groups in total. The van der Waals surface area contributed by atoms with Gasteiger partial charge >= 0.3 is 0 Å². The third-order valence-corrected chi connectivity index (χ3v) is 4.33. The van der Waals surface area contributed by atoms with Gasteiger partial charge in [-0.25, -0.2) is 0 Å². The average Bonchev–Trinajstić information content (AvgIpc) is 2.88. The number of ether oxygens (including phenoxy) is 1. The van der Waals surface area contributed by atoms with Crippen molar-refractivity contribution >= 4 is 5.91 Å². The number of likely N-dealkylation sites (tertiary alicyclic amines) is 1. The molecule has 1 saturated carbocycles. The molecule has 0 unspecified atom stereocenters. The largest absolute Gasteiger partial charge is 0.369 e. The molecule has 4 heteroatoms. The zero-order valence-electron chi connectivity index (χ0n) is 10.9. The van der Waals surface area contributed by atoms with Gasteiger partial charge in [0.1, 0.15) is 6.61 Å². The molecule has 2 fully saturated rings. The van der Waals surface area contributed by atoms with Gasteiger partial charge in [-0.15, -0.1) is 0 Å². The molecule has 2 aliphatic rings. The lowest BCUT2D eigenvalue weighted by atomic mass is 9.98. The van der Waals surface area contributed by atoms with Gasteiger partial charge in [-0.2, -0.15) is 0 Å². The van der Waals surface area contributed by atoms with Crippen molar-refractivity contribution in [1.29, 1.82) is 0 Å². The second-order valence-electron chi connectivity index (χ2n) is 5.49. The minimum Gasteiger partial charge on any atom is -0.369 e. The smallest absolute Gasteiger partial charge is 0.248 e. The van der Waals surface area contributed by atoms with Crippen molar-refractivity contribution in [2.24, 2.45) is 17.6 Å². The molecule has 1 saturated heterocycles. The molecule has 0 spiro atoms. The molecule has 0 aromatic rings. The molecule has 1 aliphatic carbocycles. The summed E-state index contributed by atoms with van der Waals surface area (Å²) >= 11 is 0. The fourth-order valence-electron chi connectivity index (χ4n) is 2.93. The summed E-state index contributed by atoms with van der Waals surface area (Å²) in [5.74, 6) is 1.30. The fraction of sp³-hybridized carbons (Fsp3) is 0.923. The van der Waals surface area contributed by atoms with Gasteiger partial charge in [-0.3, -0.25) is 4.79 Å². The van der Waals surface area contributed by atoms with Crippen molar-refractivity contribution in [3.05, 3.63) is 0 Å². The zero-order valence-corrected chi connectivity index (χ0v) is 10.9. The first-order valence-electron chi connectivity index (χ1n) is 6.76. The Balaban J connectivity index is 1.78. The van der Waals surface area contributed by atoms with Crippen LogP contribution < -0.4 is 5.73 Å². The minimum atomic E-state index is 0.131. The highest BCUT2D eigenvalue weighted by Crippen LogP contribution is 2.37. The van der Waals surface area contributed by atoms with E-state index >= 15 is 0 Å². The van der Waals surface area contributed by atoms with Gasteiger partial charge in [-0.05, 0) is 38.0 Å². The van der Waals surface area contributed by atoms with Crippen molar-refractivity contribution in [2.75, 3.05) is 19.7 Å². The Morgan fingerprint density at radius 2 is 2.24 bits per heavy atom. The zero-order chi connectivity index (χ0) is 12.4. The summed E-state index contributed by atoms with van der Waals surface area (Å²) in [6.45, 7) is 6.02. The van der Waals surface area contributed by atoms with Gasteiger partial charge in [0.15, 0.2) is 0 Å². The number of hydrogen-bond donors (Lipinski definition) is 1. The van der Waals surface area contributed by atoms with Crippen molar-refractivity contribution in [1.82, 2.24) is 4.90 Å². The molecule has 1 heterocycles. The summed E-state index contributed by atoms with van der Waals surface area (Å²) in [5.41, 5.74) is 6.06. The Bertz CT molecular complexity index is 283. The molecule has 4 nitrogen and oxygen atoms in total. The van der Waals surface area contributed by atoms with E-state index in [4.69, 9.17) is 10.5 Å². The fourth-order valence-corrected chi connectivity index (χ4v) is 2.93. The molecule has 1 amide bonds. The Hall–Kier alpha value is -0.610. The van der Waals surface area contributed by atoms with E-state index in [1.54, 1.807) is 0 Å². The summed E-state index contributed by atoms with van der Waals surface area (Å²) in [4.78, 5) is 13.9. The van der Waals surface area contributed by atoms with Gasteiger partial charge < -0.3 is 15.4 Å². The third kappa shape index (κ3) is 2.80. The van der Waals surface area contributed by atoms with Gasteiger partial charge in [0.25, 0.3) is 0 Å². The number of fused-ring (bicyclic) bond motifs is 1. The Kier molecular flexibility index (Phi) is 4.05. The highest BCUT2D eigenvalue weighted by atomic mass is 16.5. The van der Waals surface area contributed by atoms with Crippen LogP contribution in [0.2, 0.25) is 0 Å². The SMILES string of the molecule is CC[C@H](C)OCC(=O)N1C[C@@H]2CC[C@@H](N)[C@@H]2C1. The molecule has 0 bridgehead atoms. The lowest BCUT2D eigenvalue weighted by Gasteiger charge is -2.19. The number of nitrogens with zero attached hydrogens (tertiary/aromatic N) is 1. The lowest BCUT2D eigenvalue weighted by Crippen LogP contribution is -2.36. The number of hydrogen-bond acceptors (Lipinski definition) is 3. The van der Waals surface area contributed by atoms with Crippen molar-refractivity contribution in [2.45, 2.75) is 45.3 Å². The molecule has 0 aromatic heterocycles. The van der Waals surface area contributed by atoms with Gasteiger partial charge in [0, 0.05) is 19.1 Å². The Morgan fingerprint density at radius 3 is 2.88 bits per heavy atom. The molecule has 0 radical (unpaired) electrons. The number of carbonyl (C=O) groups excluding carboxylic acids is 1. The Labute approximate surface area is 103 Å². The standard InChI is InChI=1S/C13H24N2O2/c1-3-9(2)17-8-13(16)15-6-10-4-5-12(14)11(10)7-15/h9-12H,3-8,14H2,1-2H3/t9-,10-,11+,12+/m0/s1. The second-order valence-corrected chi connectivity index (χ2v) is 5.49. The number of nitrogens with two attached hydrogens (primary N) is 1. The highest BCUT2D eigenvalue weighted by molar-refractivity contribution is 5.77. The van der Waals surface area contributed by atoms with E-state index in [2.05, 4.69) is 6.92 Å². The van der Waals surface area contributed by atoms with Crippen molar-refractivity contribution < 1.29 is 9.53 Å². The molecule has 1 aliphatic heterocycles. The van der Waals surface area contributed by atoms with E-state index in [0.717, 1.165) is 25.9 Å². The molecule has 98 valence electrons. The number of amides is 1. The monoisotopic (exact) mass is 240 g/mol. The van der Waals surface area contributed by atoms with Crippen LogP contribution in [0.25, 0.3) is 0 Å². The van der Waals surface area contributed by atoms with E-state index in [1.165, 1.54) is 6.42 Å². The molecule has 0 aromatic carbocycles. The first-order valence-corrected chi connectivity index (χ1v) is 6.76. The van der Waals surface area contributed by atoms with Crippen LogP contribution in [0.1, 0.15) is 33.1 Å². The van der Waals surface area contributed by atoms with Crippen molar-refractivity contribution in [3.63, 3.8) is 0 Å². The topological polar surface area (TPSA) is 55.6 Å². The van der Waals surface area contributed by atoms with Crippen LogP contribution in [0, 0.1) is 11.8 Å². The second kappa shape index (κ2) is 5.36. The summed E-state index contributed by atoms with van der Waals surface area (Å²) in [6.07, 6.45) is 3.43. The first kappa shape index (κ1) is 12.8. The van der Waals surface area contributed by atoms with Crippen LogP contribution in [-0.4, -0.2) is 42.6 Å². The summed E-state index contributed by atoms with van der Waals surface area (Å²) in [5, 5.41) is 0. The third-order valence-electron chi connectivity index (χ3n) is 4.33. The molecule has 4 atom stereocenters. The van der Waals surface area contributed by atoms with Crippen LogP contribution in [-0.2, 0) is 9.53 Å². The number of rotatable bonds is 4. The van der Waals surface area contributed by atoms with E-state index in [-0.39, 0.29) is 18.6 Å². The molecule has 17 heavy (non-hydrogen) atoms. The van der Waals surface area contributed by atoms with Gasteiger partial charge in [-0.1, -0.05) is 6.92 Å². The van der Waals surface area contributed by atoms with Crippen LogP contribution in [0.15, 0.2) is 0 Å². The minimum absolute atomic E-state index is 0.131. The predicted molar refractivity (Wildman–Crippen MR) is 66.5 cm³/mol. The predicted octanol–water partition coefficient (Wildman–Crippen LogP) is 0.997. The van der Waals surface area contributed by atoms with E-state index in [9.17, 15) is 4.79 Å². The molecular weight excluding hydrogens is 216 g/mol. The van der Waals surface area contributed by atoms with Crippen LogP contribution in [0.3, 0.4) is 0 Å². The average molecular weight is 240 g/mol. The quantitative estimate of drug-likeness (QED) is 0.797. The first-order chi connectivity index (χ1) is 8.11. The summed E-state index contributed by atoms with van der Waals surface area (Å²) in [6, 6.07) is 0.299. The van der Waals surface area contributed by atoms with E-state index in [1.807, 2.05) is 11.8 Å². The van der Waals surface area contributed by atoms with E-state index in [0.29, 0.717) is 17.9 Å². The van der Waals surface area contributed by atoms with E-state index < -0.39 is 0 Å². The van der Waals surface area contributed by atoms with Crippen LogP contribution in [0.4, 0.5) is 0 Å².